The lowest BCUT2D eigenvalue weighted by Gasteiger charge is -2.56. The van der Waals surface area contributed by atoms with E-state index in [0.717, 1.165) is 31.8 Å². The quantitative estimate of drug-likeness (QED) is 0.655. The van der Waals surface area contributed by atoms with E-state index < -0.39 is 6.10 Å². The van der Waals surface area contributed by atoms with Gasteiger partial charge in [0, 0.05) is 26.2 Å². The Morgan fingerprint density at radius 1 is 1.34 bits per heavy atom. The van der Waals surface area contributed by atoms with E-state index in [4.69, 9.17) is 9.47 Å². The number of piperidine rings is 1. The molecular formula is C23H38N2O4. The number of aliphatic hydroxyl groups is 1. The molecule has 4 atom stereocenters. The van der Waals surface area contributed by atoms with Gasteiger partial charge in [0.15, 0.2) is 0 Å². The van der Waals surface area contributed by atoms with Crippen LogP contribution in [0, 0.1) is 23.2 Å². The van der Waals surface area contributed by atoms with Crippen molar-refractivity contribution in [1.82, 2.24) is 9.80 Å². The van der Waals surface area contributed by atoms with Gasteiger partial charge in [-0.25, -0.2) is 0 Å². The molecule has 0 aromatic carbocycles. The molecular weight excluding hydrogens is 368 g/mol. The lowest BCUT2D eigenvalue weighted by atomic mass is 9.49. The molecule has 2 saturated heterocycles. The van der Waals surface area contributed by atoms with Crippen LogP contribution in [0.5, 0.6) is 0 Å². The van der Waals surface area contributed by atoms with Gasteiger partial charge in [0.25, 0.3) is 0 Å². The molecule has 3 aliphatic carbocycles. The van der Waals surface area contributed by atoms with Gasteiger partial charge in [-0.3, -0.25) is 9.69 Å². The zero-order valence-electron chi connectivity index (χ0n) is 18.1. The molecule has 0 aromatic rings. The summed E-state index contributed by atoms with van der Waals surface area (Å²) in [5.74, 6) is 1.81. The first-order chi connectivity index (χ1) is 13.9. The molecule has 6 heteroatoms. The maximum atomic E-state index is 12.8. The van der Waals surface area contributed by atoms with Crippen LogP contribution in [0.15, 0.2) is 11.6 Å². The van der Waals surface area contributed by atoms with Crippen molar-refractivity contribution in [2.75, 3.05) is 59.2 Å². The van der Waals surface area contributed by atoms with Gasteiger partial charge in [0.2, 0.25) is 5.91 Å². The lowest BCUT2D eigenvalue weighted by molar-refractivity contribution is -0.141. The number of carbonyl (C=O) groups excluding carboxylic acids is 1. The van der Waals surface area contributed by atoms with Crippen molar-refractivity contribution >= 4 is 5.91 Å². The Hall–Kier alpha value is -0.950. The molecule has 2 heterocycles. The van der Waals surface area contributed by atoms with Gasteiger partial charge < -0.3 is 19.5 Å². The summed E-state index contributed by atoms with van der Waals surface area (Å²) in [4.78, 5) is 17.0. The summed E-state index contributed by atoms with van der Waals surface area (Å²) in [6.45, 7) is 10.8. The maximum Gasteiger partial charge on any atom is 0.227 e. The molecule has 0 spiro atoms. The number of morpholine rings is 1. The zero-order chi connectivity index (χ0) is 20.4. The monoisotopic (exact) mass is 406 g/mol. The fourth-order valence-corrected chi connectivity index (χ4v) is 5.77. The fraction of sp³-hybridized carbons (Fsp3) is 0.870. The smallest absolute Gasteiger partial charge is 0.227 e. The average Bonchev–Trinajstić information content (AvgIpc) is 2.74. The van der Waals surface area contributed by atoms with Crippen molar-refractivity contribution in [3.8, 4) is 0 Å². The number of fused-ring (bicyclic) bond motifs is 1. The number of ether oxygens (including phenoxy) is 2. The van der Waals surface area contributed by atoms with E-state index in [-0.39, 0.29) is 11.8 Å². The van der Waals surface area contributed by atoms with Crippen LogP contribution in [0.25, 0.3) is 0 Å². The molecule has 0 aromatic heterocycles. The molecule has 164 valence electrons. The molecule has 1 amide bonds. The first kappa shape index (κ1) is 21.3. The number of rotatable bonds is 7. The van der Waals surface area contributed by atoms with Crippen LogP contribution in [0.3, 0.4) is 0 Å². The second-order valence-electron chi connectivity index (χ2n) is 10.0. The normalized spacial score (nSPS) is 33.0. The molecule has 6 nitrogen and oxygen atoms in total. The van der Waals surface area contributed by atoms with Crippen LogP contribution in [0.2, 0.25) is 0 Å². The summed E-state index contributed by atoms with van der Waals surface area (Å²) in [6.07, 6.45) is 6.31. The third kappa shape index (κ3) is 4.71. The fourth-order valence-electron chi connectivity index (χ4n) is 5.77. The Morgan fingerprint density at radius 2 is 2.14 bits per heavy atom. The molecule has 2 aliphatic heterocycles. The van der Waals surface area contributed by atoms with Gasteiger partial charge in [-0.2, -0.15) is 0 Å². The Labute approximate surface area is 175 Å². The van der Waals surface area contributed by atoms with Crippen molar-refractivity contribution in [3.05, 3.63) is 11.6 Å². The van der Waals surface area contributed by atoms with E-state index in [1.807, 2.05) is 4.90 Å². The minimum absolute atomic E-state index is 0.0520. The number of carbonyl (C=O) groups is 1. The second-order valence-corrected chi connectivity index (χ2v) is 10.0. The van der Waals surface area contributed by atoms with Crippen LogP contribution in [0.1, 0.15) is 39.5 Å². The van der Waals surface area contributed by atoms with E-state index >= 15 is 0 Å². The van der Waals surface area contributed by atoms with E-state index in [9.17, 15) is 9.90 Å². The Balaban J connectivity index is 1.18. The van der Waals surface area contributed by atoms with Crippen LogP contribution in [-0.4, -0.2) is 86.1 Å². The van der Waals surface area contributed by atoms with Crippen LogP contribution >= 0.6 is 0 Å². The Morgan fingerprint density at radius 3 is 2.86 bits per heavy atom. The number of likely N-dealkylation sites (tertiary alicyclic amines) is 1. The Bertz CT molecular complexity index is 614. The van der Waals surface area contributed by atoms with Crippen molar-refractivity contribution in [3.63, 3.8) is 0 Å². The second kappa shape index (κ2) is 9.04. The Kier molecular flexibility index (Phi) is 6.64. The molecule has 29 heavy (non-hydrogen) atoms. The summed E-state index contributed by atoms with van der Waals surface area (Å²) in [7, 11) is 0. The van der Waals surface area contributed by atoms with Crippen molar-refractivity contribution < 1.29 is 19.4 Å². The van der Waals surface area contributed by atoms with Crippen molar-refractivity contribution in [2.24, 2.45) is 23.2 Å². The predicted molar refractivity (Wildman–Crippen MR) is 111 cm³/mol. The molecule has 3 fully saturated rings. The van der Waals surface area contributed by atoms with Gasteiger partial charge >= 0.3 is 0 Å². The summed E-state index contributed by atoms with van der Waals surface area (Å²) in [5.41, 5.74) is 1.85. The summed E-state index contributed by atoms with van der Waals surface area (Å²) in [6, 6.07) is 0. The SMILES string of the molecule is CC1(C)C2CC=C(COCC(O)CN3CCCC(C(=O)N4CCOCC4)C3)C1C2. The highest BCUT2D eigenvalue weighted by Gasteiger charge is 2.51. The maximum absolute atomic E-state index is 12.8. The first-order valence-corrected chi connectivity index (χ1v) is 11.5. The van der Waals surface area contributed by atoms with Gasteiger partial charge in [0.05, 0.1) is 38.4 Å². The van der Waals surface area contributed by atoms with E-state index in [2.05, 4.69) is 24.8 Å². The molecule has 4 unspecified atom stereocenters. The standard InChI is InChI=1S/C23H38N2O4/c1-23(2)19-6-5-18(21(23)12-19)15-29-16-20(26)14-24-7-3-4-17(13-24)22(27)25-8-10-28-11-9-25/h5,17,19-21,26H,3-4,6-16H2,1-2H3. The largest absolute Gasteiger partial charge is 0.389 e. The van der Waals surface area contributed by atoms with Crippen molar-refractivity contribution in [2.45, 2.75) is 45.6 Å². The highest BCUT2D eigenvalue weighted by molar-refractivity contribution is 5.79. The summed E-state index contributed by atoms with van der Waals surface area (Å²) >= 11 is 0. The summed E-state index contributed by atoms with van der Waals surface area (Å²) in [5, 5.41) is 10.5. The first-order valence-electron chi connectivity index (χ1n) is 11.5. The van der Waals surface area contributed by atoms with E-state index in [1.54, 1.807) is 0 Å². The van der Waals surface area contributed by atoms with E-state index in [0.29, 0.717) is 57.4 Å². The molecule has 5 aliphatic rings. The van der Waals surface area contributed by atoms with Crippen LogP contribution < -0.4 is 0 Å². The van der Waals surface area contributed by atoms with Gasteiger partial charge in [0.1, 0.15) is 0 Å². The lowest BCUT2D eigenvalue weighted by Crippen LogP contribution is -2.50. The van der Waals surface area contributed by atoms with Crippen LogP contribution in [-0.2, 0) is 14.3 Å². The number of hydrogen-bond acceptors (Lipinski definition) is 5. The molecule has 1 saturated carbocycles. The number of β-amino-alcohol motifs (C(OH)–C–C–N with tert-alkyl or cyclic N) is 1. The molecule has 0 radical (unpaired) electrons. The highest BCUT2D eigenvalue weighted by Crippen LogP contribution is 2.59. The van der Waals surface area contributed by atoms with Crippen molar-refractivity contribution in [1.29, 1.82) is 0 Å². The zero-order valence-corrected chi connectivity index (χ0v) is 18.1. The molecule has 2 bridgehead atoms. The number of aliphatic hydroxyl groups excluding tert-OH is 1. The number of amides is 1. The van der Waals surface area contributed by atoms with Crippen LogP contribution in [0.4, 0.5) is 0 Å². The number of allylic oxidation sites excluding steroid dienone is 1. The predicted octanol–water partition coefficient (Wildman–Crippen LogP) is 1.93. The van der Waals surface area contributed by atoms with Gasteiger partial charge in [-0.15, -0.1) is 0 Å². The van der Waals surface area contributed by atoms with Gasteiger partial charge in [-0.1, -0.05) is 19.9 Å². The highest BCUT2D eigenvalue weighted by atomic mass is 16.5. The molecule has 1 N–H and O–H groups in total. The minimum atomic E-state index is -0.501. The van der Waals surface area contributed by atoms with Gasteiger partial charge in [-0.05, 0) is 55.1 Å². The summed E-state index contributed by atoms with van der Waals surface area (Å²) < 4.78 is 11.3. The molecule has 5 rings (SSSR count). The third-order valence-electron chi connectivity index (χ3n) is 7.81. The number of nitrogens with zero attached hydrogens (tertiary/aromatic N) is 2. The average molecular weight is 407 g/mol. The third-order valence-corrected chi connectivity index (χ3v) is 7.81. The number of hydrogen-bond donors (Lipinski definition) is 1. The topological polar surface area (TPSA) is 62.2 Å². The van der Waals surface area contributed by atoms with E-state index in [1.165, 1.54) is 18.4 Å². The minimum Gasteiger partial charge on any atom is -0.389 e.